The van der Waals surface area contributed by atoms with Crippen LogP contribution in [0.3, 0.4) is 0 Å². The highest BCUT2D eigenvalue weighted by Crippen LogP contribution is 2.13. The average Bonchev–Trinajstić information content (AvgIpc) is 3.00. The fourth-order valence-corrected chi connectivity index (χ4v) is 5.38. The van der Waals surface area contributed by atoms with Gasteiger partial charge >= 0.3 is 11.9 Å². The molecular weight excluding hydrogens is 538 g/mol. The summed E-state index contributed by atoms with van der Waals surface area (Å²) < 4.78 is 10.9. The van der Waals surface area contributed by atoms with E-state index in [1.54, 1.807) is 0 Å². The van der Waals surface area contributed by atoms with Crippen LogP contribution in [0.2, 0.25) is 0 Å². The van der Waals surface area contributed by atoms with E-state index in [2.05, 4.69) is 26.1 Å². The molecule has 0 aliphatic rings. The van der Waals surface area contributed by atoms with Crippen LogP contribution in [0, 0.1) is 0 Å². The summed E-state index contributed by atoms with van der Waals surface area (Å²) in [5, 5.41) is 2.86. The highest BCUT2D eigenvalue weighted by Gasteiger charge is 2.23. The van der Waals surface area contributed by atoms with Gasteiger partial charge in [-0.2, -0.15) is 0 Å². The van der Waals surface area contributed by atoms with E-state index in [1.165, 1.54) is 109 Å². The Labute approximate surface area is 266 Å². The summed E-state index contributed by atoms with van der Waals surface area (Å²) in [6.07, 6.45) is 30.4. The number of nitrogens with one attached hydrogen (secondary N) is 1. The van der Waals surface area contributed by atoms with Crippen LogP contribution in [0.1, 0.15) is 201 Å². The van der Waals surface area contributed by atoms with Crippen molar-refractivity contribution in [3.8, 4) is 0 Å². The molecule has 0 saturated carbocycles. The minimum atomic E-state index is -0.795. The van der Waals surface area contributed by atoms with Gasteiger partial charge in [0.1, 0.15) is 6.04 Å². The molecule has 0 rings (SSSR count). The zero-order chi connectivity index (χ0) is 31.6. The molecule has 0 aromatic carbocycles. The molecule has 0 spiro atoms. The molecule has 1 atom stereocenters. The summed E-state index contributed by atoms with van der Waals surface area (Å²) in [6.45, 7) is 7.46. The van der Waals surface area contributed by atoms with Crippen LogP contribution < -0.4 is 5.32 Å². The van der Waals surface area contributed by atoms with Crippen molar-refractivity contribution in [3.05, 3.63) is 0 Å². The van der Waals surface area contributed by atoms with E-state index in [0.29, 0.717) is 19.6 Å². The molecule has 1 amide bonds. The van der Waals surface area contributed by atoms with Crippen molar-refractivity contribution in [2.75, 3.05) is 13.2 Å². The molecule has 0 saturated heterocycles. The molecule has 0 aromatic rings. The zero-order valence-electron chi connectivity index (χ0n) is 28.8. The molecule has 0 heterocycles. The first kappa shape index (κ1) is 41.4. The molecule has 1 N–H and O–H groups in total. The summed E-state index contributed by atoms with van der Waals surface area (Å²) in [5.74, 6) is -0.877. The van der Waals surface area contributed by atoms with Crippen LogP contribution in [0.5, 0.6) is 0 Å². The van der Waals surface area contributed by atoms with Gasteiger partial charge in [-0.15, -0.1) is 0 Å². The van der Waals surface area contributed by atoms with Gasteiger partial charge in [0, 0.05) is 12.8 Å². The standard InChI is InChI=1S/C37H71NO5/c1-4-7-10-13-16-18-20-22-25-27-32-42-36(40)31-30-34(37(41)43-33-28-24-15-12-9-6-3)38-35(39)29-26-23-21-19-17-14-11-8-5-2/h34H,4-33H2,1-3H3,(H,38,39)/t34-/m0/s1. The van der Waals surface area contributed by atoms with Crippen LogP contribution in [-0.2, 0) is 23.9 Å². The maximum atomic E-state index is 12.8. The van der Waals surface area contributed by atoms with Crippen LogP contribution in [-0.4, -0.2) is 37.1 Å². The first-order valence-corrected chi connectivity index (χ1v) is 18.7. The van der Waals surface area contributed by atoms with E-state index in [1.807, 2.05) is 0 Å². The lowest BCUT2D eigenvalue weighted by Crippen LogP contribution is -2.42. The van der Waals surface area contributed by atoms with E-state index in [-0.39, 0.29) is 24.7 Å². The number of amides is 1. The Morgan fingerprint density at radius 3 is 1.28 bits per heavy atom. The second-order valence-corrected chi connectivity index (χ2v) is 12.6. The Hall–Kier alpha value is -1.59. The van der Waals surface area contributed by atoms with Crippen molar-refractivity contribution in [3.63, 3.8) is 0 Å². The van der Waals surface area contributed by atoms with Gasteiger partial charge in [-0.3, -0.25) is 9.59 Å². The number of rotatable bonds is 33. The molecule has 0 aromatic heterocycles. The number of hydrogen-bond acceptors (Lipinski definition) is 5. The normalized spacial score (nSPS) is 11.8. The van der Waals surface area contributed by atoms with E-state index in [9.17, 15) is 14.4 Å². The molecule has 0 radical (unpaired) electrons. The van der Waals surface area contributed by atoms with E-state index in [0.717, 1.165) is 51.4 Å². The van der Waals surface area contributed by atoms with Crippen molar-refractivity contribution in [1.82, 2.24) is 5.32 Å². The van der Waals surface area contributed by atoms with Gasteiger partial charge in [0.05, 0.1) is 13.2 Å². The lowest BCUT2D eigenvalue weighted by molar-refractivity contribution is -0.149. The Morgan fingerprint density at radius 2 is 0.837 bits per heavy atom. The highest BCUT2D eigenvalue weighted by molar-refractivity contribution is 5.85. The minimum Gasteiger partial charge on any atom is -0.466 e. The van der Waals surface area contributed by atoms with Gasteiger partial charge in [-0.25, -0.2) is 4.79 Å². The molecule has 0 fully saturated rings. The molecule has 0 aliphatic heterocycles. The average molecular weight is 610 g/mol. The van der Waals surface area contributed by atoms with Gasteiger partial charge in [0.2, 0.25) is 5.91 Å². The molecule has 43 heavy (non-hydrogen) atoms. The Morgan fingerprint density at radius 1 is 0.465 bits per heavy atom. The largest absolute Gasteiger partial charge is 0.466 e. The highest BCUT2D eigenvalue weighted by atomic mass is 16.5. The Bertz CT molecular complexity index is 638. The van der Waals surface area contributed by atoms with Crippen molar-refractivity contribution < 1.29 is 23.9 Å². The quantitative estimate of drug-likeness (QED) is 0.0591. The van der Waals surface area contributed by atoms with Gasteiger partial charge in [-0.1, -0.05) is 162 Å². The van der Waals surface area contributed by atoms with Gasteiger partial charge < -0.3 is 14.8 Å². The van der Waals surface area contributed by atoms with E-state index in [4.69, 9.17) is 9.47 Å². The summed E-state index contributed by atoms with van der Waals surface area (Å²) in [7, 11) is 0. The SMILES string of the molecule is CCCCCCCCCCCCOC(=O)CC[C@H](NC(=O)CCCCCCCCCCC)C(=O)OCCCCCCCC. The molecule has 6 heteroatoms. The predicted molar refractivity (Wildman–Crippen MR) is 180 cm³/mol. The van der Waals surface area contributed by atoms with E-state index >= 15 is 0 Å². The number of carbonyl (C=O) groups excluding carboxylic acids is 3. The number of carbonyl (C=O) groups is 3. The van der Waals surface area contributed by atoms with Crippen molar-refractivity contribution >= 4 is 17.8 Å². The summed E-state index contributed by atoms with van der Waals surface area (Å²) in [4.78, 5) is 37.8. The minimum absolute atomic E-state index is 0.104. The Kier molecular flexibility index (Phi) is 32.1. The molecule has 254 valence electrons. The fraction of sp³-hybridized carbons (Fsp3) is 0.919. The first-order valence-electron chi connectivity index (χ1n) is 18.7. The smallest absolute Gasteiger partial charge is 0.328 e. The fourth-order valence-electron chi connectivity index (χ4n) is 5.38. The van der Waals surface area contributed by atoms with Crippen LogP contribution in [0.25, 0.3) is 0 Å². The maximum absolute atomic E-state index is 12.8. The Balaban J connectivity index is 4.31. The molecular formula is C37H71NO5. The molecule has 0 unspecified atom stereocenters. The van der Waals surface area contributed by atoms with Crippen LogP contribution >= 0.6 is 0 Å². The predicted octanol–water partition coefficient (Wildman–Crippen LogP) is 10.5. The lowest BCUT2D eigenvalue weighted by Gasteiger charge is -2.18. The second-order valence-electron chi connectivity index (χ2n) is 12.6. The number of unbranched alkanes of at least 4 members (excludes halogenated alkanes) is 22. The number of hydrogen-bond donors (Lipinski definition) is 1. The lowest BCUT2D eigenvalue weighted by atomic mass is 10.1. The van der Waals surface area contributed by atoms with Crippen LogP contribution in [0.4, 0.5) is 0 Å². The third-order valence-corrected chi connectivity index (χ3v) is 8.27. The van der Waals surface area contributed by atoms with Crippen molar-refractivity contribution in [2.24, 2.45) is 0 Å². The summed E-state index contributed by atoms with van der Waals surface area (Å²) in [6, 6.07) is -0.795. The van der Waals surface area contributed by atoms with Crippen LogP contribution in [0.15, 0.2) is 0 Å². The zero-order valence-corrected chi connectivity index (χ0v) is 28.8. The first-order chi connectivity index (χ1) is 21.0. The topological polar surface area (TPSA) is 81.7 Å². The van der Waals surface area contributed by atoms with Crippen molar-refractivity contribution in [2.45, 2.75) is 207 Å². The van der Waals surface area contributed by atoms with Gasteiger partial charge in [-0.05, 0) is 25.7 Å². The summed E-state index contributed by atoms with van der Waals surface area (Å²) >= 11 is 0. The van der Waals surface area contributed by atoms with Crippen molar-refractivity contribution in [1.29, 1.82) is 0 Å². The number of esters is 2. The molecule has 0 bridgehead atoms. The maximum Gasteiger partial charge on any atom is 0.328 e. The third kappa shape index (κ3) is 30.2. The molecule has 0 aliphatic carbocycles. The monoisotopic (exact) mass is 610 g/mol. The summed E-state index contributed by atoms with van der Waals surface area (Å²) in [5.41, 5.74) is 0. The third-order valence-electron chi connectivity index (χ3n) is 8.27. The number of ether oxygens (including phenoxy) is 2. The second kappa shape index (κ2) is 33.3. The van der Waals surface area contributed by atoms with E-state index < -0.39 is 12.0 Å². The molecule has 6 nitrogen and oxygen atoms in total. The van der Waals surface area contributed by atoms with Gasteiger partial charge in [0.25, 0.3) is 0 Å². The van der Waals surface area contributed by atoms with Gasteiger partial charge in [0.15, 0.2) is 0 Å².